The van der Waals surface area contributed by atoms with Gasteiger partial charge in [-0.2, -0.15) is 5.26 Å². The summed E-state index contributed by atoms with van der Waals surface area (Å²) in [4.78, 5) is 27.7. The van der Waals surface area contributed by atoms with Gasteiger partial charge in [0.25, 0.3) is 0 Å². The topological polar surface area (TPSA) is 64.4 Å². The fourth-order valence-corrected chi connectivity index (χ4v) is 3.18. The van der Waals surface area contributed by atoms with Gasteiger partial charge in [-0.3, -0.25) is 9.59 Å². The quantitative estimate of drug-likeness (QED) is 0.808. The monoisotopic (exact) mass is 377 g/mol. The third kappa shape index (κ3) is 5.07. The highest BCUT2D eigenvalue weighted by atomic mass is 79.9. The fraction of sp³-hybridized carbons (Fsp3) is 0.471. The number of amides is 2. The predicted octanol–water partition coefficient (Wildman–Crippen LogP) is 2.36. The standard InChI is InChI=1S/C17H20BrN3O2/c18-15-5-2-1-4-14(15)6-7-16(22)20-10-3-11-21(13-12-20)17(23)8-9-19/h1-2,4-5H,3,6-8,10-13H2. The molecule has 122 valence electrons. The lowest BCUT2D eigenvalue weighted by Gasteiger charge is -2.21. The van der Waals surface area contributed by atoms with E-state index in [4.69, 9.17) is 5.26 Å². The fourth-order valence-electron chi connectivity index (χ4n) is 2.70. The molecule has 0 saturated carbocycles. The molecule has 2 amide bonds. The summed E-state index contributed by atoms with van der Waals surface area (Å²) in [6.45, 7) is 2.35. The minimum Gasteiger partial charge on any atom is -0.341 e. The second-order valence-corrected chi connectivity index (χ2v) is 6.40. The van der Waals surface area contributed by atoms with E-state index >= 15 is 0 Å². The van der Waals surface area contributed by atoms with Gasteiger partial charge in [0.05, 0.1) is 6.07 Å². The number of nitriles is 1. The van der Waals surface area contributed by atoms with Gasteiger partial charge >= 0.3 is 0 Å². The van der Waals surface area contributed by atoms with E-state index in [-0.39, 0.29) is 18.2 Å². The van der Waals surface area contributed by atoms with Gasteiger partial charge in [-0.15, -0.1) is 0 Å². The molecular formula is C17H20BrN3O2. The normalized spacial score (nSPS) is 15.0. The van der Waals surface area contributed by atoms with Crippen molar-refractivity contribution >= 4 is 27.7 Å². The number of carbonyl (C=O) groups is 2. The van der Waals surface area contributed by atoms with Gasteiger partial charge in [0.15, 0.2) is 0 Å². The van der Waals surface area contributed by atoms with Crippen LogP contribution in [0.15, 0.2) is 28.7 Å². The lowest BCUT2D eigenvalue weighted by molar-refractivity contribution is -0.133. The molecule has 5 nitrogen and oxygen atoms in total. The molecule has 1 aromatic rings. The minimum absolute atomic E-state index is 0.0873. The van der Waals surface area contributed by atoms with Crippen molar-refractivity contribution in [3.05, 3.63) is 34.3 Å². The summed E-state index contributed by atoms with van der Waals surface area (Å²) >= 11 is 3.50. The summed E-state index contributed by atoms with van der Waals surface area (Å²) in [6, 6.07) is 9.80. The molecule has 0 bridgehead atoms. The highest BCUT2D eigenvalue weighted by molar-refractivity contribution is 9.10. The van der Waals surface area contributed by atoms with Crippen molar-refractivity contribution < 1.29 is 9.59 Å². The molecule has 1 aliphatic rings. The molecule has 1 fully saturated rings. The van der Waals surface area contributed by atoms with Gasteiger partial charge in [-0.1, -0.05) is 34.1 Å². The number of nitrogens with zero attached hydrogens (tertiary/aromatic N) is 3. The molecule has 0 aliphatic carbocycles. The second-order valence-electron chi connectivity index (χ2n) is 5.54. The number of carbonyl (C=O) groups excluding carboxylic acids is 2. The first kappa shape index (κ1) is 17.5. The van der Waals surface area contributed by atoms with Gasteiger partial charge in [0, 0.05) is 37.1 Å². The number of hydrogen-bond donors (Lipinski definition) is 0. The van der Waals surface area contributed by atoms with Crippen molar-refractivity contribution in [1.82, 2.24) is 9.80 Å². The van der Waals surface area contributed by atoms with Crippen LogP contribution in [0.1, 0.15) is 24.8 Å². The maximum Gasteiger partial charge on any atom is 0.236 e. The smallest absolute Gasteiger partial charge is 0.236 e. The van der Waals surface area contributed by atoms with Gasteiger partial charge in [0.1, 0.15) is 6.42 Å². The van der Waals surface area contributed by atoms with Crippen molar-refractivity contribution in [2.75, 3.05) is 26.2 Å². The Morgan fingerprint density at radius 2 is 1.74 bits per heavy atom. The van der Waals surface area contributed by atoms with Crippen LogP contribution in [-0.2, 0) is 16.0 Å². The largest absolute Gasteiger partial charge is 0.341 e. The van der Waals surface area contributed by atoms with Gasteiger partial charge in [0.2, 0.25) is 11.8 Å². The highest BCUT2D eigenvalue weighted by Crippen LogP contribution is 2.18. The molecular weight excluding hydrogens is 358 g/mol. The Balaban J connectivity index is 1.85. The molecule has 0 N–H and O–H groups in total. The van der Waals surface area contributed by atoms with E-state index < -0.39 is 0 Å². The van der Waals surface area contributed by atoms with Crippen LogP contribution in [0.3, 0.4) is 0 Å². The molecule has 0 radical (unpaired) electrons. The van der Waals surface area contributed by atoms with Crippen LogP contribution in [0.2, 0.25) is 0 Å². The molecule has 1 heterocycles. The molecule has 23 heavy (non-hydrogen) atoms. The Morgan fingerprint density at radius 3 is 2.39 bits per heavy atom. The van der Waals surface area contributed by atoms with Crippen LogP contribution in [0.5, 0.6) is 0 Å². The van der Waals surface area contributed by atoms with Gasteiger partial charge in [-0.05, 0) is 24.5 Å². The van der Waals surface area contributed by atoms with E-state index in [0.29, 0.717) is 39.0 Å². The number of rotatable bonds is 4. The van der Waals surface area contributed by atoms with Gasteiger partial charge < -0.3 is 9.80 Å². The zero-order valence-electron chi connectivity index (χ0n) is 13.0. The summed E-state index contributed by atoms with van der Waals surface area (Å²) in [5.74, 6) is -0.0228. The zero-order chi connectivity index (χ0) is 16.7. The Labute approximate surface area is 145 Å². The first-order valence-corrected chi connectivity index (χ1v) is 8.57. The summed E-state index contributed by atoms with van der Waals surface area (Å²) in [6.07, 6.45) is 1.84. The molecule has 1 aromatic carbocycles. The lowest BCUT2D eigenvalue weighted by Crippen LogP contribution is -2.37. The predicted molar refractivity (Wildman–Crippen MR) is 90.5 cm³/mol. The van der Waals surface area contributed by atoms with E-state index in [2.05, 4.69) is 15.9 Å². The number of hydrogen-bond acceptors (Lipinski definition) is 3. The maximum atomic E-state index is 12.4. The van der Waals surface area contributed by atoms with Crippen molar-refractivity contribution in [3.8, 4) is 6.07 Å². The van der Waals surface area contributed by atoms with Gasteiger partial charge in [-0.25, -0.2) is 0 Å². The molecule has 0 spiro atoms. The molecule has 1 saturated heterocycles. The van der Waals surface area contributed by atoms with E-state index in [9.17, 15) is 9.59 Å². The lowest BCUT2D eigenvalue weighted by atomic mass is 10.1. The Kier molecular flexibility index (Phi) is 6.60. The number of benzene rings is 1. The Bertz CT molecular complexity index is 612. The molecule has 2 rings (SSSR count). The summed E-state index contributed by atoms with van der Waals surface area (Å²) < 4.78 is 1.02. The average Bonchev–Trinajstić information content (AvgIpc) is 2.80. The third-order valence-corrected chi connectivity index (χ3v) is 4.77. The third-order valence-electron chi connectivity index (χ3n) is 4.00. The molecule has 0 aromatic heterocycles. The maximum absolute atomic E-state index is 12.4. The summed E-state index contributed by atoms with van der Waals surface area (Å²) in [5, 5.41) is 8.61. The Hall–Kier alpha value is -1.87. The van der Waals surface area contributed by atoms with Crippen molar-refractivity contribution in [2.45, 2.75) is 25.7 Å². The molecule has 0 atom stereocenters. The molecule has 1 aliphatic heterocycles. The van der Waals surface area contributed by atoms with E-state index in [1.54, 1.807) is 4.90 Å². The van der Waals surface area contributed by atoms with Crippen molar-refractivity contribution in [2.24, 2.45) is 0 Å². The minimum atomic E-state index is -0.144. The van der Waals surface area contributed by atoms with E-state index in [1.165, 1.54) is 0 Å². The van der Waals surface area contributed by atoms with Crippen LogP contribution in [0.4, 0.5) is 0 Å². The van der Waals surface area contributed by atoms with Crippen molar-refractivity contribution in [1.29, 1.82) is 5.26 Å². The zero-order valence-corrected chi connectivity index (χ0v) is 14.6. The van der Waals surface area contributed by atoms with E-state index in [1.807, 2.05) is 35.2 Å². The molecule has 6 heteroatoms. The van der Waals surface area contributed by atoms with Crippen molar-refractivity contribution in [3.63, 3.8) is 0 Å². The SMILES string of the molecule is N#CCC(=O)N1CCCN(C(=O)CCc2ccccc2Br)CC1. The average molecular weight is 378 g/mol. The number of aryl methyl sites for hydroxylation is 1. The Morgan fingerprint density at radius 1 is 1.09 bits per heavy atom. The molecule has 0 unspecified atom stereocenters. The summed E-state index contributed by atoms with van der Waals surface area (Å²) in [7, 11) is 0. The van der Waals surface area contributed by atoms with Crippen LogP contribution in [0, 0.1) is 11.3 Å². The highest BCUT2D eigenvalue weighted by Gasteiger charge is 2.21. The summed E-state index contributed by atoms with van der Waals surface area (Å²) in [5.41, 5.74) is 1.13. The first-order chi connectivity index (χ1) is 11.1. The number of halogens is 1. The van der Waals surface area contributed by atoms with E-state index in [0.717, 1.165) is 16.5 Å². The van der Waals surface area contributed by atoms with Crippen LogP contribution in [-0.4, -0.2) is 47.8 Å². The van der Waals surface area contributed by atoms with Crippen LogP contribution in [0.25, 0.3) is 0 Å². The first-order valence-electron chi connectivity index (χ1n) is 7.77. The van der Waals surface area contributed by atoms with Crippen LogP contribution < -0.4 is 0 Å². The second kappa shape index (κ2) is 8.68. The van der Waals surface area contributed by atoms with Crippen LogP contribution >= 0.6 is 15.9 Å².